The Hall–Kier alpha value is -0.810. The third kappa shape index (κ3) is 4.63. The quantitative estimate of drug-likeness (QED) is 0.841. The van der Waals surface area contributed by atoms with Gasteiger partial charge in [0.1, 0.15) is 0 Å². The van der Waals surface area contributed by atoms with Crippen LogP contribution in [0, 0.1) is 11.8 Å². The first-order valence-corrected chi connectivity index (χ1v) is 9.35. The highest BCUT2D eigenvalue weighted by Crippen LogP contribution is 2.33. The second-order valence-corrected chi connectivity index (χ2v) is 7.89. The highest BCUT2D eigenvalue weighted by atomic mass is 35.5. The van der Waals surface area contributed by atoms with Crippen LogP contribution in [0.5, 0.6) is 0 Å². The molecule has 3 rings (SSSR count). The summed E-state index contributed by atoms with van der Waals surface area (Å²) in [5.74, 6) is 1.12. The van der Waals surface area contributed by atoms with E-state index in [1.165, 1.54) is 12.8 Å². The summed E-state index contributed by atoms with van der Waals surface area (Å²) in [6.07, 6.45) is 6.49. The molecule has 5 nitrogen and oxygen atoms in total. The van der Waals surface area contributed by atoms with Crippen molar-refractivity contribution in [2.24, 2.45) is 11.8 Å². The van der Waals surface area contributed by atoms with Crippen molar-refractivity contribution in [3.05, 3.63) is 0 Å². The molecule has 24 heavy (non-hydrogen) atoms. The van der Waals surface area contributed by atoms with E-state index in [9.17, 15) is 9.59 Å². The number of carbonyl (C=O) groups excluding carboxylic acids is 2. The van der Waals surface area contributed by atoms with Crippen molar-refractivity contribution in [1.29, 1.82) is 0 Å². The van der Waals surface area contributed by atoms with Gasteiger partial charge in [0, 0.05) is 50.6 Å². The van der Waals surface area contributed by atoms with Gasteiger partial charge in [-0.15, -0.1) is 12.4 Å². The van der Waals surface area contributed by atoms with Gasteiger partial charge in [0.05, 0.1) is 0 Å². The van der Waals surface area contributed by atoms with Crippen LogP contribution in [0.1, 0.15) is 52.4 Å². The third-order valence-corrected chi connectivity index (χ3v) is 5.69. The van der Waals surface area contributed by atoms with E-state index in [0.717, 1.165) is 32.4 Å². The van der Waals surface area contributed by atoms with Crippen LogP contribution in [0.2, 0.25) is 0 Å². The fourth-order valence-electron chi connectivity index (χ4n) is 4.47. The molecule has 6 heteroatoms. The van der Waals surface area contributed by atoms with E-state index in [1.54, 1.807) is 0 Å². The van der Waals surface area contributed by atoms with E-state index in [4.69, 9.17) is 0 Å². The lowest BCUT2D eigenvalue weighted by atomic mass is 9.89. The zero-order valence-corrected chi connectivity index (χ0v) is 15.8. The van der Waals surface area contributed by atoms with Crippen LogP contribution >= 0.6 is 12.4 Å². The number of hydrogen-bond donors (Lipinski definition) is 1. The van der Waals surface area contributed by atoms with Gasteiger partial charge in [-0.05, 0) is 38.0 Å². The number of piperidine rings is 1. The average Bonchev–Trinajstić information content (AvgIpc) is 2.74. The molecule has 3 fully saturated rings. The number of rotatable bonds is 3. The summed E-state index contributed by atoms with van der Waals surface area (Å²) in [7, 11) is 0. The molecular weight excluding hydrogens is 326 g/mol. The summed E-state index contributed by atoms with van der Waals surface area (Å²) < 4.78 is 0. The maximum atomic E-state index is 12.7. The molecule has 3 aliphatic heterocycles. The third-order valence-electron chi connectivity index (χ3n) is 5.69. The Bertz CT molecular complexity index is 446. The normalized spacial score (nSPS) is 30.0. The Morgan fingerprint density at radius 1 is 1.00 bits per heavy atom. The second-order valence-electron chi connectivity index (χ2n) is 7.89. The van der Waals surface area contributed by atoms with Crippen LogP contribution in [0.3, 0.4) is 0 Å². The smallest absolute Gasteiger partial charge is 0.225 e. The highest BCUT2D eigenvalue weighted by molar-refractivity contribution is 5.85. The molecule has 1 N–H and O–H groups in total. The predicted octanol–water partition coefficient (Wildman–Crippen LogP) is 2.05. The van der Waals surface area contributed by atoms with Gasteiger partial charge in [-0.2, -0.15) is 0 Å². The number of hydrogen-bond acceptors (Lipinski definition) is 3. The second kappa shape index (κ2) is 8.52. The van der Waals surface area contributed by atoms with E-state index in [2.05, 4.69) is 5.32 Å². The van der Waals surface area contributed by atoms with E-state index in [-0.39, 0.29) is 24.2 Å². The Labute approximate surface area is 151 Å². The van der Waals surface area contributed by atoms with Crippen LogP contribution in [0.4, 0.5) is 0 Å². The maximum Gasteiger partial charge on any atom is 0.225 e. The Morgan fingerprint density at radius 2 is 1.58 bits per heavy atom. The van der Waals surface area contributed by atoms with Crippen molar-refractivity contribution >= 4 is 24.2 Å². The van der Waals surface area contributed by atoms with Gasteiger partial charge in [-0.3, -0.25) is 9.59 Å². The van der Waals surface area contributed by atoms with Crippen molar-refractivity contribution in [2.45, 2.75) is 64.5 Å². The van der Waals surface area contributed by atoms with E-state index < -0.39 is 0 Å². The number of fused-ring (bicyclic) bond motifs is 2. The Kier molecular flexibility index (Phi) is 6.93. The number of halogens is 1. The molecule has 0 aromatic rings. The monoisotopic (exact) mass is 357 g/mol. The molecule has 0 saturated carbocycles. The fourth-order valence-corrected chi connectivity index (χ4v) is 4.47. The van der Waals surface area contributed by atoms with E-state index in [0.29, 0.717) is 43.4 Å². The lowest BCUT2D eigenvalue weighted by molar-refractivity contribution is -0.136. The summed E-state index contributed by atoms with van der Waals surface area (Å²) in [5.41, 5.74) is 0. The molecule has 0 aromatic heterocycles. The molecule has 2 amide bonds. The van der Waals surface area contributed by atoms with Crippen LogP contribution in [0.15, 0.2) is 0 Å². The standard InChI is InChI=1S/C18H31N3O2.ClH/c1-13(2)18(23)21-7-3-6-20(8-9-21)17(22)12-14-10-15-4-5-16(11-14)19-15;/h13-16,19H,3-12H2,1-2H3;1H. The molecule has 0 aromatic carbocycles. The average molecular weight is 358 g/mol. The minimum absolute atomic E-state index is 0. The first-order chi connectivity index (χ1) is 11.0. The van der Waals surface area contributed by atoms with Gasteiger partial charge < -0.3 is 15.1 Å². The predicted molar refractivity (Wildman–Crippen MR) is 97.1 cm³/mol. The molecule has 2 unspecified atom stereocenters. The Morgan fingerprint density at radius 3 is 2.21 bits per heavy atom. The summed E-state index contributed by atoms with van der Waals surface area (Å²) in [4.78, 5) is 28.7. The van der Waals surface area contributed by atoms with E-state index >= 15 is 0 Å². The zero-order valence-electron chi connectivity index (χ0n) is 15.0. The number of nitrogens with zero attached hydrogens (tertiary/aromatic N) is 2. The lowest BCUT2D eigenvalue weighted by Gasteiger charge is -2.30. The molecule has 0 aliphatic carbocycles. The number of carbonyl (C=O) groups is 2. The van der Waals surface area contributed by atoms with Gasteiger partial charge in [-0.1, -0.05) is 13.8 Å². The summed E-state index contributed by atoms with van der Waals surface area (Å²) >= 11 is 0. The molecular formula is C18H32ClN3O2. The van der Waals surface area contributed by atoms with Gasteiger partial charge in [0.2, 0.25) is 11.8 Å². The Balaban J connectivity index is 0.00000208. The van der Waals surface area contributed by atoms with Gasteiger partial charge in [-0.25, -0.2) is 0 Å². The van der Waals surface area contributed by atoms with E-state index in [1.807, 2.05) is 23.6 Å². The van der Waals surface area contributed by atoms with Gasteiger partial charge >= 0.3 is 0 Å². The molecule has 0 spiro atoms. The molecule has 2 bridgehead atoms. The minimum Gasteiger partial charge on any atom is -0.341 e. The summed E-state index contributed by atoms with van der Waals surface area (Å²) in [5, 5.41) is 3.64. The van der Waals surface area contributed by atoms with Gasteiger partial charge in [0.25, 0.3) is 0 Å². The number of amides is 2. The summed E-state index contributed by atoms with van der Waals surface area (Å²) in [6.45, 7) is 6.88. The van der Waals surface area contributed by atoms with Crippen molar-refractivity contribution in [1.82, 2.24) is 15.1 Å². The summed E-state index contributed by atoms with van der Waals surface area (Å²) in [6, 6.07) is 1.30. The highest BCUT2D eigenvalue weighted by Gasteiger charge is 2.35. The lowest BCUT2D eigenvalue weighted by Crippen LogP contribution is -2.42. The fraction of sp³-hybridized carbons (Fsp3) is 0.889. The molecule has 3 aliphatic rings. The van der Waals surface area contributed by atoms with Crippen LogP contribution in [0.25, 0.3) is 0 Å². The van der Waals surface area contributed by atoms with Crippen molar-refractivity contribution in [3.8, 4) is 0 Å². The molecule has 138 valence electrons. The molecule has 0 radical (unpaired) electrons. The van der Waals surface area contributed by atoms with Gasteiger partial charge in [0.15, 0.2) is 0 Å². The van der Waals surface area contributed by atoms with Crippen molar-refractivity contribution in [2.75, 3.05) is 26.2 Å². The molecule has 3 saturated heterocycles. The van der Waals surface area contributed by atoms with Crippen molar-refractivity contribution < 1.29 is 9.59 Å². The van der Waals surface area contributed by atoms with Crippen LogP contribution < -0.4 is 5.32 Å². The molecule has 2 atom stereocenters. The SMILES string of the molecule is CC(C)C(=O)N1CCCN(C(=O)CC2CC3CCC(C2)N3)CC1.Cl. The topological polar surface area (TPSA) is 52.7 Å². The first-order valence-electron chi connectivity index (χ1n) is 9.35. The maximum absolute atomic E-state index is 12.7. The van der Waals surface area contributed by atoms with Crippen LogP contribution in [-0.4, -0.2) is 59.9 Å². The largest absolute Gasteiger partial charge is 0.341 e. The first kappa shape index (κ1) is 19.5. The minimum atomic E-state index is 0. The van der Waals surface area contributed by atoms with Crippen molar-refractivity contribution in [3.63, 3.8) is 0 Å². The van der Waals surface area contributed by atoms with Crippen LogP contribution in [-0.2, 0) is 9.59 Å². The zero-order chi connectivity index (χ0) is 16.4. The molecule has 3 heterocycles. The number of nitrogens with one attached hydrogen (secondary N) is 1.